The second-order valence-corrected chi connectivity index (χ2v) is 5.42. The highest BCUT2D eigenvalue weighted by Crippen LogP contribution is 2.24. The Labute approximate surface area is 131 Å². The summed E-state index contributed by atoms with van der Waals surface area (Å²) in [5.74, 6) is -0.124. The van der Waals surface area contributed by atoms with E-state index in [9.17, 15) is 14.9 Å². The minimum absolute atomic E-state index is 0.0291. The Bertz CT molecular complexity index is 729. The summed E-state index contributed by atoms with van der Waals surface area (Å²) < 4.78 is 0. The zero-order valence-electron chi connectivity index (χ0n) is 11.1. The second kappa shape index (κ2) is 6.24. The lowest BCUT2D eigenvalue weighted by Crippen LogP contribution is -2.06. The molecule has 0 spiro atoms. The summed E-state index contributed by atoms with van der Waals surface area (Å²) in [6.07, 6.45) is 0.162. The molecule has 2 rings (SSSR count). The summed E-state index contributed by atoms with van der Waals surface area (Å²) in [6.45, 7) is 1.68. The van der Waals surface area contributed by atoms with Crippen LogP contribution in [-0.4, -0.2) is 10.7 Å². The molecule has 0 aliphatic carbocycles. The molecule has 0 amide bonds. The molecule has 0 bridgehead atoms. The normalized spacial score (nSPS) is 10.4. The standard InChI is InChI=1S/C15H11Cl2NO3/c1-9-6-11(18(20)21)3-4-12(9)15(19)8-10-2-5-13(16)14(17)7-10/h2-7H,8H2,1H3. The van der Waals surface area contributed by atoms with E-state index in [0.717, 1.165) is 5.56 Å². The van der Waals surface area contributed by atoms with Gasteiger partial charge in [0.25, 0.3) is 5.69 Å². The zero-order valence-corrected chi connectivity index (χ0v) is 12.6. The van der Waals surface area contributed by atoms with Crippen LogP contribution in [0, 0.1) is 17.0 Å². The van der Waals surface area contributed by atoms with E-state index in [1.807, 2.05) is 0 Å². The van der Waals surface area contributed by atoms with Crippen molar-refractivity contribution in [1.82, 2.24) is 0 Å². The van der Waals surface area contributed by atoms with Crippen LogP contribution in [0.1, 0.15) is 21.5 Å². The Kier molecular flexibility index (Phi) is 4.60. The first-order valence-corrected chi connectivity index (χ1v) is 6.86. The van der Waals surface area contributed by atoms with E-state index in [-0.39, 0.29) is 17.9 Å². The van der Waals surface area contributed by atoms with Crippen LogP contribution >= 0.6 is 23.2 Å². The van der Waals surface area contributed by atoms with Gasteiger partial charge in [-0.1, -0.05) is 29.3 Å². The Morgan fingerprint density at radius 1 is 1.14 bits per heavy atom. The van der Waals surface area contributed by atoms with E-state index in [1.165, 1.54) is 18.2 Å². The van der Waals surface area contributed by atoms with Gasteiger partial charge in [-0.3, -0.25) is 14.9 Å². The van der Waals surface area contributed by atoms with Crippen molar-refractivity contribution in [3.05, 3.63) is 73.2 Å². The SMILES string of the molecule is Cc1cc([N+](=O)[O-])ccc1C(=O)Cc1ccc(Cl)c(Cl)c1. The number of nitro benzene ring substituents is 1. The molecule has 0 heterocycles. The summed E-state index contributed by atoms with van der Waals surface area (Å²) in [6, 6.07) is 9.20. The highest BCUT2D eigenvalue weighted by atomic mass is 35.5. The van der Waals surface area contributed by atoms with E-state index in [1.54, 1.807) is 25.1 Å². The van der Waals surface area contributed by atoms with Gasteiger partial charge in [0, 0.05) is 24.1 Å². The van der Waals surface area contributed by atoms with Gasteiger partial charge in [-0.05, 0) is 36.2 Å². The van der Waals surface area contributed by atoms with E-state index in [2.05, 4.69) is 0 Å². The molecular formula is C15H11Cl2NO3. The largest absolute Gasteiger partial charge is 0.294 e. The van der Waals surface area contributed by atoms with Crippen LogP contribution in [0.5, 0.6) is 0 Å². The Morgan fingerprint density at radius 2 is 1.86 bits per heavy atom. The molecule has 0 aliphatic heterocycles. The third kappa shape index (κ3) is 3.60. The average Bonchev–Trinajstić information content (AvgIpc) is 2.42. The van der Waals surface area contributed by atoms with Crippen molar-refractivity contribution in [1.29, 1.82) is 0 Å². The van der Waals surface area contributed by atoms with Crippen molar-refractivity contribution in [3.8, 4) is 0 Å². The molecular weight excluding hydrogens is 313 g/mol. The quantitative estimate of drug-likeness (QED) is 0.468. The van der Waals surface area contributed by atoms with Gasteiger partial charge >= 0.3 is 0 Å². The monoisotopic (exact) mass is 323 g/mol. The van der Waals surface area contributed by atoms with Crippen LogP contribution in [0.25, 0.3) is 0 Å². The molecule has 0 unspecified atom stereocenters. The van der Waals surface area contributed by atoms with Crippen molar-refractivity contribution >= 4 is 34.7 Å². The van der Waals surface area contributed by atoms with Gasteiger partial charge in [0.1, 0.15) is 0 Å². The van der Waals surface area contributed by atoms with Crippen LogP contribution < -0.4 is 0 Å². The molecule has 2 aromatic carbocycles. The summed E-state index contributed by atoms with van der Waals surface area (Å²) in [4.78, 5) is 22.5. The number of ketones is 1. The van der Waals surface area contributed by atoms with E-state index in [4.69, 9.17) is 23.2 Å². The number of hydrogen-bond acceptors (Lipinski definition) is 3. The predicted octanol–water partition coefficient (Wildman–Crippen LogP) is 4.64. The van der Waals surface area contributed by atoms with Gasteiger partial charge in [-0.2, -0.15) is 0 Å². The number of nitrogens with zero attached hydrogens (tertiary/aromatic N) is 1. The number of rotatable bonds is 4. The minimum atomic E-state index is -0.486. The molecule has 0 saturated carbocycles. The fraction of sp³-hybridized carbons (Fsp3) is 0.133. The lowest BCUT2D eigenvalue weighted by atomic mass is 9.99. The summed E-state index contributed by atoms with van der Waals surface area (Å²) in [5, 5.41) is 11.5. The summed E-state index contributed by atoms with van der Waals surface area (Å²) >= 11 is 11.7. The van der Waals surface area contributed by atoms with Crippen molar-refractivity contribution in [2.45, 2.75) is 13.3 Å². The summed E-state index contributed by atoms with van der Waals surface area (Å²) in [5.41, 5.74) is 1.76. The van der Waals surface area contributed by atoms with Crippen molar-refractivity contribution in [2.75, 3.05) is 0 Å². The number of carbonyl (C=O) groups is 1. The lowest BCUT2D eigenvalue weighted by molar-refractivity contribution is -0.384. The molecule has 108 valence electrons. The smallest absolute Gasteiger partial charge is 0.269 e. The molecule has 0 aliphatic rings. The number of hydrogen-bond donors (Lipinski definition) is 0. The van der Waals surface area contributed by atoms with Crippen LogP contribution in [0.2, 0.25) is 10.0 Å². The number of aryl methyl sites for hydroxylation is 1. The van der Waals surface area contributed by atoms with Crippen molar-refractivity contribution in [3.63, 3.8) is 0 Å². The van der Waals surface area contributed by atoms with Crippen LogP contribution in [0.4, 0.5) is 5.69 Å². The Morgan fingerprint density at radius 3 is 2.43 bits per heavy atom. The second-order valence-electron chi connectivity index (χ2n) is 4.60. The molecule has 0 radical (unpaired) electrons. The number of non-ortho nitro benzene ring substituents is 1. The molecule has 6 heteroatoms. The predicted molar refractivity (Wildman–Crippen MR) is 82.3 cm³/mol. The first-order chi connectivity index (χ1) is 9.88. The lowest BCUT2D eigenvalue weighted by Gasteiger charge is -2.06. The topological polar surface area (TPSA) is 60.2 Å². The number of halogens is 2. The molecule has 0 N–H and O–H groups in total. The average molecular weight is 324 g/mol. The third-order valence-electron chi connectivity index (χ3n) is 3.07. The Balaban J connectivity index is 2.24. The van der Waals surface area contributed by atoms with Gasteiger partial charge in [-0.25, -0.2) is 0 Å². The maximum Gasteiger partial charge on any atom is 0.269 e. The third-order valence-corrected chi connectivity index (χ3v) is 3.81. The van der Waals surface area contributed by atoms with Crippen molar-refractivity contribution in [2.24, 2.45) is 0 Å². The molecule has 0 fully saturated rings. The van der Waals surface area contributed by atoms with Gasteiger partial charge in [0.15, 0.2) is 5.78 Å². The first kappa shape index (κ1) is 15.5. The summed E-state index contributed by atoms with van der Waals surface area (Å²) in [7, 11) is 0. The molecule has 2 aromatic rings. The van der Waals surface area contributed by atoms with E-state index >= 15 is 0 Å². The maximum atomic E-state index is 12.3. The fourth-order valence-corrected chi connectivity index (χ4v) is 2.33. The molecule has 0 aromatic heterocycles. The number of benzene rings is 2. The maximum absolute atomic E-state index is 12.3. The Hall–Kier alpha value is -1.91. The molecule has 0 saturated heterocycles. The number of nitro groups is 1. The van der Waals surface area contributed by atoms with Gasteiger partial charge < -0.3 is 0 Å². The first-order valence-electron chi connectivity index (χ1n) is 6.10. The highest BCUT2D eigenvalue weighted by Gasteiger charge is 2.14. The fourth-order valence-electron chi connectivity index (χ4n) is 2.00. The van der Waals surface area contributed by atoms with Gasteiger partial charge in [0.05, 0.1) is 15.0 Å². The van der Waals surface area contributed by atoms with Crippen LogP contribution in [0.15, 0.2) is 36.4 Å². The van der Waals surface area contributed by atoms with Gasteiger partial charge in [0.2, 0.25) is 0 Å². The van der Waals surface area contributed by atoms with E-state index in [0.29, 0.717) is 21.2 Å². The molecule has 0 atom stereocenters. The zero-order chi connectivity index (χ0) is 15.6. The molecule has 21 heavy (non-hydrogen) atoms. The minimum Gasteiger partial charge on any atom is -0.294 e. The van der Waals surface area contributed by atoms with Crippen molar-refractivity contribution < 1.29 is 9.72 Å². The number of Topliss-reactive ketones (excluding diaryl/α,β-unsaturated/α-hetero) is 1. The van der Waals surface area contributed by atoms with Gasteiger partial charge in [-0.15, -0.1) is 0 Å². The highest BCUT2D eigenvalue weighted by molar-refractivity contribution is 6.42. The van der Waals surface area contributed by atoms with Crippen LogP contribution in [-0.2, 0) is 6.42 Å². The van der Waals surface area contributed by atoms with E-state index < -0.39 is 4.92 Å². The molecule has 4 nitrogen and oxygen atoms in total. The number of carbonyl (C=O) groups excluding carboxylic acids is 1. The van der Waals surface area contributed by atoms with Crippen LogP contribution in [0.3, 0.4) is 0 Å².